The average molecular weight is 182 g/mol. The molecule has 0 spiro atoms. The van der Waals surface area contributed by atoms with Gasteiger partial charge in [0.05, 0.1) is 6.20 Å². The number of hydrogen-bond donors (Lipinski definition) is 1. The third kappa shape index (κ3) is 2.15. The van der Waals surface area contributed by atoms with Crippen LogP contribution in [0.4, 0.5) is 4.39 Å². The number of nitrogens with zero attached hydrogens (tertiary/aromatic N) is 1. The molecule has 1 aromatic heterocycles. The lowest BCUT2D eigenvalue weighted by molar-refractivity contribution is 0.216. The second-order valence-corrected chi connectivity index (χ2v) is 3.07. The van der Waals surface area contributed by atoms with Gasteiger partial charge >= 0.3 is 0 Å². The van der Waals surface area contributed by atoms with Crippen molar-refractivity contribution in [3.05, 3.63) is 24.3 Å². The van der Waals surface area contributed by atoms with Crippen LogP contribution in [-0.2, 0) is 0 Å². The minimum absolute atomic E-state index is 0.449. The lowest BCUT2D eigenvalue weighted by Gasteiger charge is -2.27. The summed E-state index contributed by atoms with van der Waals surface area (Å²) in [6.45, 7) is 1.70. The third-order valence-electron chi connectivity index (χ3n) is 2.08. The van der Waals surface area contributed by atoms with Gasteiger partial charge in [-0.15, -0.1) is 0 Å². The van der Waals surface area contributed by atoms with Crippen molar-refractivity contribution in [2.24, 2.45) is 0 Å². The zero-order valence-electron chi connectivity index (χ0n) is 7.16. The predicted molar refractivity (Wildman–Crippen MR) is 46.1 cm³/mol. The maximum atomic E-state index is 12.4. The molecule has 1 fully saturated rings. The molecule has 0 radical (unpaired) electrons. The van der Waals surface area contributed by atoms with Crippen molar-refractivity contribution in [3.63, 3.8) is 0 Å². The zero-order valence-corrected chi connectivity index (χ0v) is 7.16. The van der Waals surface area contributed by atoms with Crippen LogP contribution < -0.4 is 10.1 Å². The summed E-state index contributed by atoms with van der Waals surface area (Å²) in [4.78, 5) is 3.49. The molecule has 0 bridgehead atoms. The minimum Gasteiger partial charge on any atom is -0.490 e. The Morgan fingerprint density at radius 3 is 3.00 bits per heavy atom. The molecule has 0 aliphatic carbocycles. The Morgan fingerprint density at radius 1 is 1.62 bits per heavy atom. The lowest BCUT2D eigenvalue weighted by Crippen LogP contribution is -2.46. The fraction of sp³-hybridized carbons (Fsp3) is 0.444. The highest BCUT2D eigenvalue weighted by atomic mass is 19.1. The van der Waals surface area contributed by atoms with Gasteiger partial charge in [0, 0.05) is 6.04 Å². The largest absolute Gasteiger partial charge is 0.490 e. The Morgan fingerprint density at radius 2 is 2.46 bits per heavy atom. The molecular weight excluding hydrogens is 171 g/mol. The Labute approximate surface area is 75.9 Å². The molecule has 1 atom stereocenters. The van der Waals surface area contributed by atoms with E-state index in [0.29, 0.717) is 18.4 Å². The van der Waals surface area contributed by atoms with Gasteiger partial charge < -0.3 is 10.1 Å². The van der Waals surface area contributed by atoms with E-state index in [2.05, 4.69) is 10.3 Å². The fourth-order valence-corrected chi connectivity index (χ4v) is 1.14. The first kappa shape index (κ1) is 8.44. The minimum atomic E-state index is -0.478. The SMILES string of the molecule is Fc1ccc(OC[C@H]2CCN2)cn1. The molecule has 1 aliphatic heterocycles. The number of halogens is 1. The van der Waals surface area contributed by atoms with E-state index >= 15 is 0 Å². The topological polar surface area (TPSA) is 34.1 Å². The van der Waals surface area contributed by atoms with Crippen molar-refractivity contribution in [1.82, 2.24) is 10.3 Å². The summed E-state index contributed by atoms with van der Waals surface area (Å²) in [5, 5.41) is 3.21. The van der Waals surface area contributed by atoms with Crippen LogP contribution in [0, 0.1) is 5.95 Å². The predicted octanol–water partition coefficient (Wildman–Crippen LogP) is 0.961. The van der Waals surface area contributed by atoms with Crippen LogP contribution in [0.25, 0.3) is 0 Å². The number of nitrogens with one attached hydrogen (secondary N) is 1. The van der Waals surface area contributed by atoms with Crippen molar-refractivity contribution in [2.45, 2.75) is 12.5 Å². The van der Waals surface area contributed by atoms with E-state index in [1.54, 1.807) is 6.07 Å². The highest BCUT2D eigenvalue weighted by molar-refractivity contribution is 5.16. The van der Waals surface area contributed by atoms with E-state index < -0.39 is 5.95 Å². The molecule has 1 N–H and O–H groups in total. The molecule has 3 nitrogen and oxygen atoms in total. The zero-order chi connectivity index (χ0) is 9.10. The van der Waals surface area contributed by atoms with E-state index in [-0.39, 0.29) is 0 Å². The Hall–Kier alpha value is -1.16. The maximum Gasteiger partial charge on any atom is 0.213 e. The van der Waals surface area contributed by atoms with Gasteiger partial charge in [0.1, 0.15) is 12.4 Å². The molecule has 2 heterocycles. The van der Waals surface area contributed by atoms with E-state index in [0.717, 1.165) is 13.0 Å². The first-order chi connectivity index (χ1) is 6.34. The normalized spacial score (nSPS) is 20.8. The molecule has 0 aromatic carbocycles. The molecule has 13 heavy (non-hydrogen) atoms. The van der Waals surface area contributed by atoms with Crippen LogP contribution in [0.1, 0.15) is 6.42 Å². The summed E-state index contributed by atoms with van der Waals surface area (Å²) in [7, 11) is 0. The molecule has 0 unspecified atom stereocenters. The number of hydrogen-bond acceptors (Lipinski definition) is 3. The molecule has 1 saturated heterocycles. The smallest absolute Gasteiger partial charge is 0.213 e. The van der Waals surface area contributed by atoms with Gasteiger partial charge in [-0.25, -0.2) is 4.98 Å². The Balaban J connectivity index is 1.83. The highest BCUT2D eigenvalue weighted by Crippen LogP contribution is 2.10. The number of pyridine rings is 1. The maximum absolute atomic E-state index is 12.4. The van der Waals surface area contributed by atoms with E-state index in [9.17, 15) is 4.39 Å². The monoisotopic (exact) mass is 182 g/mol. The molecule has 70 valence electrons. The van der Waals surface area contributed by atoms with Crippen molar-refractivity contribution in [3.8, 4) is 5.75 Å². The second kappa shape index (κ2) is 3.70. The number of rotatable bonds is 3. The Bertz CT molecular complexity index is 271. The summed E-state index contributed by atoms with van der Waals surface area (Å²) >= 11 is 0. The molecule has 2 rings (SSSR count). The van der Waals surface area contributed by atoms with Crippen LogP contribution >= 0.6 is 0 Å². The fourth-order valence-electron chi connectivity index (χ4n) is 1.14. The summed E-state index contributed by atoms with van der Waals surface area (Å²) in [6, 6.07) is 3.33. The van der Waals surface area contributed by atoms with Crippen LogP contribution in [0.2, 0.25) is 0 Å². The number of aromatic nitrogens is 1. The summed E-state index contributed by atoms with van der Waals surface area (Å²) in [5.74, 6) is 0.143. The van der Waals surface area contributed by atoms with Gasteiger partial charge in [0.25, 0.3) is 0 Å². The van der Waals surface area contributed by atoms with Crippen LogP contribution in [0.3, 0.4) is 0 Å². The van der Waals surface area contributed by atoms with E-state index in [1.807, 2.05) is 0 Å². The van der Waals surface area contributed by atoms with Crippen molar-refractivity contribution in [1.29, 1.82) is 0 Å². The summed E-state index contributed by atoms with van der Waals surface area (Å²) in [6.07, 6.45) is 2.54. The quantitative estimate of drug-likeness (QED) is 0.707. The van der Waals surface area contributed by atoms with Crippen molar-refractivity contribution in [2.75, 3.05) is 13.2 Å². The summed E-state index contributed by atoms with van der Waals surface area (Å²) in [5.41, 5.74) is 0. The van der Waals surface area contributed by atoms with Gasteiger partial charge in [-0.3, -0.25) is 0 Å². The first-order valence-electron chi connectivity index (χ1n) is 4.32. The standard InChI is InChI=1S/C9H11FN2O/c10-9-2-1-8(5-12-9)13-6-7-3-4-11-7/h1-2,5,7,11H,3-4,6H2/t7-/m1/s1. The van der Waals surface area contributed by atoms with E-state index in [1.165, 1.54) is 12.3 Å². The van der Waals surface area contributed by atoms with Gasteiger partial charge in [0.2, 0.25) is 5.95 Å². The second-order valence-electron chi connectivity index (χ2n) is 3.07. The van der Waals surface area contributed by atoms with Gasteiger partial charge in [0.15, 0.2) is 0 Å². The molecular formula is C9H11FN2O. The third-order valence-corrected chi connectivity index (χ3v) is 2.08. The Kier molecular flexibility index (Phi) is 2.40. The van der Waals surface area contributed by atoms with Crippen LogP contribution in [0.5, 0.6) is 5.75 Å². The summed E-state index contributed by atoms with van der Waals surface area (Å²) < 4.78 is 17.8. The molecule has 1 aliphatic rings. The van der Waals surface area contributed by atoms with E-state index in [4.69, 9.17) is 4.74 Å². The molecule has 1 aromatic rings. The van der Waals surface area contributed by atoms with Gasteiger partial charge in [-0.05, 0) is 25.1 Å². The van der Waals surface area contributed by atoms with Crippen molar-refractivity contribution < 1.29 is 9.13 Å². The highest BCUT2D eigenvalue weighted by Gasteiger charge is 2.16. The van der Waals surface area contributed by atoms with Crippen molar-refractivity contribution >= 4 is 0 Å². The molecule has 0 saturated carbocycles. The first-order valence-corrected chi connectivity index (χ1v) is 4.32. The molecule has 0 amide bonds. The number of ether oxygens (including phenoxy) is 1. The lowest BCUT2D eigenvalue weighted by atomic mass is 10.1. The van der Waals surface area contributed by atoms with Gasteiger partial charge in [-0.1, -0.05) is 0 Å². The van der Waals surface area contributed by atoms with Gasteiger partial charge in [-0.2, -0.15) is 4.39 Å². The van der Waals surface area contributed by atoms with Crippen LogP contribution in [-0.4, -0.2) is 24.2 Å². The van der Waals surface area contributed by atoms with Crippen LogP contribution in [0.15, 0.2) is 18.3 Å². The molecule has 4 heteroatoms. The average Bonchev–Trinajstić information content (AvgIpc) is 2.05.